The summed E-state index contributed by atoms with van der Waals surface area (Å²) in [5.74, 6) is -0.159. The van der Waals surface area contributed by atoms with Gasteiger partial charge >= 0.3 is 0 Å². The molecule has 1 aromatic heterocycles. The Morgan fingerprint density at radius 3 is 2.38 bits per heavy atom. The molecule has 0 fully saturated rings. The lowest BCUT2D eigenvalue weighted by atomic mass is 10.1. The van der Waals surface area contributed by atoms with Gasteiger partial charge in [-0.15, -0.1) is 0 Å². The van der Waals surface area contributed by atoms with Crippen molar-refractivity contribution in [3.63, 3.8) is 0 Å². The molecule has 0 saturated heterocycles. The second kappa shape index (κ2) is 9.05. The average molecular weight is 408 g/mol. The van der Waals surface area contributed by atoms with E-state index in [9.17, 15) is 20.3 Å². The van der Waals surface area contributed by atoms with Crippen molar-refractivity contribution in [2.45, 2.75) is 6.61 Å². The molecule has 29 heavy (non-hydrogen) atoms. The number of nitrogens with one attached hydrogen (secondary N) is 1. The lowest BCUT2D eigenvalue weighted by Gasteiger charge is -2.10. The van der Waals surface area contributed by atoms with Crippen LogP contribution >= 0.6 is 12.2 Å². The van der Waals surface area contributed by atoms with Crippen LogP contribution in [0.4, 0.5) is 11.4 Å². The standard InChI is InChI=1S/C21H17N3O4S/c25-14-15-5-4-12-23(13-15)19(21(29)22-17-6-2-1-3-7-17)20(26)16-8-10-18(11-9-16)24(27)28/h1-13,25H,14H2,(H-,22,26,29)/p+1. The Balaban J connectivity index is 2.08. The molecule has 8 heteroatoms. The molecule has 7 nitrogen and oxygen atoms in total. The van der Waals surface area contributed by atoms with Crippen LogP contribution in [0.5, 0.6) is 0 Å². The third kappa shape index (κ3) is 4.81. The van der Waals surface area contributed by atoms with E-state index in [1.54, 1.807) is 29.1 Å². The minimum absolute atomic E-state index is 0.0805. The number of non-ortho nitro benzene ring substituents is 1. The van der Waals surface area contributed by atoms with Crippen LogP contribution in [0.2, 0.25) is 0 Å². The first-order valence-corrected chi connectivity index (χ1v) is 9.06. The summed E-state index contributed by atoms with van der Waals surface area (Å²) in [7, 11) is 0. The monoisotopic (exact) mass is 408 g/mol. The summed E-state index contributed by atoms with van der Waals surface area (Å²) in [6.07, 6.45) is 3.34. The van der Waals surface area contributed by atoms with Crippen LogP contribution in [0.25, 0.3) is 11.5 Å². The Hall–Kier alpha value is -3.62. The van der Waals surface area contributed by atoms with E-state index in [0.29, 0.717) is 11.1 Å². The van der Waals surface area contributed by atoms with Gasteiger partial charge in [-0.2, -0.15) is 4.57 Å². The molecule has 3 rings (SSSR count). The highest BCUT2D eigenvalue weighted by Gasteiger charge is 2.24. The van der Waals surface area contributed by atoms with Crippen molar-refractivity contribution in [3.05, 3.63) is 100 Å². The van der Waals surface area contributed by atoms with Crippen molar-refractivity contribution in [3.8, 4) is 0 Å². The molecule has 0 atom stereocenters. The number of nitro benzene ring substituents is 1. The SMILES string of the molecule is O=[N+]([O-])c1ccc(C(O)=C(C(=S)Nc2ccccc2)[n+]2cccc(CO)c2)cc1. The molecule has 3 N–H and O–H groups in total. The van der Waals surface area contributed by atoms with Crippen LogP contribution in [-0.2, 0) is 6.61 Å². The van der Waals surface area contributed by atoms with Crippen LogP contribution < -0.4 is 9.88 Å². The van der Waals surface area contributed by atoms with Gasteiger partial charge in [-0.1, -0.05) is 30.4 Å². The molecule has 146 valence electrons. The number of aliphatic hydroxyl groups is 2. The molecule has 0 amide bonds. The fourth-order valence-electron chi connectivity index (χ4n) is 2.69. The van der Waals surface area contributed by atoms with Crippen molar-refractivity contribution in [1.82, 2.24) is 0 Å². The molecule has 0 aliphatic heterocycles. The summed E-state index contributed by atoms with van der Waals surface area (Å²) in [6.45, 7) is -0.175. The number of anilines is 1. The maximum Gasteiger partial charge on any atom is 0.288 e. The Kier molecular flexibility index (Phi) is 6.28. The number of aromatic nitrogens is 1. The summed E-state index contributed by atoms with van der Waals surface area (Å²) in [6, 6.07) is 18.2. The molecule has 0 saturated carbocycles. The van der Waals surface area contributed by atoms with Crippen molar-refractivity contribution in [2.24, 2.45) is 0 Å². The predicted molar refractivity (Wildman–Crippen MR) is 114 cm³/mol. The molecular weight excluding hydrogens is 390 g/mol. The van der Waals surface area contributed by atoms with Crippen LogP contribution in [0, 0.1) is 10.1 Å². The van der Waals surface area contributed by atoms with Gasteiger partial charge in [0, 0.05) is 35.0 Å². The maximum atomic E-state index is 11.0. The number of hydrogen-bond acceptors (Lipinski definition) is 5. The van der Waals surface area contributed by atoms with Gasteiger partial charge in [-0.25, -0.2) is 0 Å². The van der Waals surface area contributed by atoms with E-state index in [1.165, 1.54) is 24.3 Å². The third-order valence-corrected chi connectivity index (χ3v) is 4.42. The summed E-state index contributed by atoms with van der Waals surface area (Å²) in [4.78, 5) is 10.6. The molecular formula is C21H18N3O4S+. The number of rotatable bonds is 6. The maximum absolute atomic E-state index is 11.0. The van der Waals surface area contributed by atoms with Gasteiger partial charge in [0.2, 0.25) is 0 Å². The zero-order valence-electron chi connectivity index (χ0n) is 15.2. The van der Waals surface area contributed by atoms with Gasteiger partial charge in [0.1, 0.15) is 0 Å². The number of nitro groups is 1. The van der Waals surface area contributed by atoms with Gasteiger partial charge in [-0.05, 0) is 30.3 Å². The van der Waals surface area contributed by atoms with Crippen molar-refractivity contribution in [2.75, 3.05) is 5.32 Å². The van der Waals surface area contributed by atoms with Crippen molar-refractivity contribution >= 4 is 40.0 Å². The number of pyridine rings is 1. The first kappa shape index (κ1) is 20.1. The lowest BCUT2D eigenvalue weighted by molar-refractivity contribution is -0.576. The van der Waals surface area contributed by atoms with Gasteiger partial charge < -0.3 is 15.5 Å². The molecule has 0 spiro atoms. The zero-order valence-corrected chi connectivity index (χ0v) is 16.0. The van der Waals surface area contributed by atoms with E-state index >= 15 is 0 Å². The third-order valence-electron chi connectivity index (χ3n) is 4.13. The molecule has 3 aromatic rings. The first-order valence-electron chi connectivity index (χ1n) is 8.65. The number of thiocarbonyl (C=S) groups is 1. The van der Waals surface area contributed by atoms with Crippen molar-refractivity contribution < 1.29 is 19.7 Å². The summed E-state index contributed by atoms with van der Waals surface area (Å²) in [5, 5.41) is 34.4. The van der Waals surface area contributed by atoms with Crippen molar-refractivity contribution in [1.29, 1.82) is 0 Å². The summed E-state index contributed by atoms with van der Waals surface area (Å²) in [5.41, 5.74) is 1.93. The second-order valence-electron chi connectivity index (χ2n) is 6.10. The molecule has 2 aromatic carbocycles. The van der Waals surface area contributed by atoms with Crippen LogP contribution in [-0.4, -0.2) is 20.1 Å². The van der Waals surface area contributed by atoms with Gasteiger partial charge in [-0.3, -0.25) is 10.1 Å². The smallest absolute Gasteiger partial charge is 0.288 e. The molecule has 0 aliphatic carbocycles. The molecule has 0 radical (unpaired) electrons. The second-order valence-corrected chi connectivity index (χ2v) is 6.51. The Labute approximate surface area is 172 Å². The van der Waals surface area contributed by atoms with Crippen LogP contribution in [0.15, 0.2) is 79.1 Å². The fraction of sp³-hybridized carbons (Fsp3) is 0.0476. The number of para-hydroxylation sites is 1. The summed E-state index contributed by atoms with van der Waals surface area (Å²) < 4.78 is 1.60. The zero-order chi connectivity index (χ0) is 20.8. The average Bonchev–Trinajstić information content (AvgIpc) is 2.74. The molecule has 0 aliphatic rings. The first-order chi connectivity index (χ1) is 14.0. The van der Waals surface area contributed by atoms with E-state index in [2.05, 4.69) is 5.32 Å². The number of hydrogen-bond donors (Lipinski definition) is 3. The lowest BCUT2D eigenvalue weighted by Crippen LogP contribution is -2.39. The highest BCUT2D eigenvalue weighted by molar-refractivity contribution is 7.81. The van der Waals surface area contributed by atoms with Gasteiger partial charge in [0.25, 0.3) is 11.4 Å². The Bertz CT molecular complexity index is 1070. The van der Waals surface area contributed by atoms with Crippen LogP contribution in [0.3, 0.4) is 0 Å². The molecule has 0 unspecified atom stereocenters. The molecule has 0 bridgehead atoms. The van der Waals surface area contributed by atoms with E-state index in [-0.39, 0.29) is 28.7 Å². The largest absolute Gasteiger partial charge is 0.502 e. The Morgan fingerprint density at radius 2 is 1.76 bits per heavy atom. The highest BCUT2D eigenvalue weighted by atomic mass is 32.1. The Morgan fingerprint density at radius 1 is 1.07 bits per heavy atom. The normalized spacial score (nSPS) is 11.5. The van der Waals surface area contributed by atoms with Gasteiger partial charge in [0.15, 0.2) is 23.1 Å². The predicted octanol–water partition coefficient (Wildman–Crippen LogP) is 3.70. The van der Waals surface area contributed by atoms with E-state index in [4.69, 9.17) is 12.2 Å². The minimum Gasteiger partial charge on any atom is -0.502 e. The number of benzene rings is 2. The van der Waals surface area contributed by atoms with E-state index in [0.717, 1.165) is 5.69 Å². The topological polar surface area (TPSA) is 99.5 Å². The number of nitrogens with zero attached hydrogens (tertiary/aromatic N) is 2. The van der Waals surface area contributed by atoms with Crippen LogP contribution in [0.1, 0.15) is 11.1 Å². The quantitative estimate of drug-likeness (QED) is 0.144. The summed E-state index contributed by atoms with van der Waals surface area (Å²) >= 11 is 5.54. The number of aliphatic hydroxyl groups excluding tert-OH is 2. The fourth-order valence-corrected chi connectivity index (χ4v) is 3.01. The van der Waals surface area contributed by atoms with E-state index < -0.39 is 4.92 Å². The minimum atomic E-state index is -0.507. The van der Waals surface area contributed by atoms with E-state index in [1.807, 2.05) is 30.3 Å². The highest BCUT2D eigenvalue weighted by Crippen LogP contribution is 2.21. The van der Waals surface area contributed by atoms with Gasteiger partial charge in [0.05, 0.1) is 11.5 Å². The molecule has 1 heterocycles.